The summed E-state index contributed by atoms with van der Waals surface area (Å²) in [6, 6.07) is 2.91. The Hall–Kier alpha value is -1.71. The third kappa shape index (κ3) is 4.63. The third-order valence-electron chi connectivity index (χ3n) is 3.49. The minimum absolute atomic E-state index is 0.0430. The second kappa shape index (κ2) is 7.24. The summed E-state index contributed by atoms with van der Waals surface area (Å²) in [5, 5.41) is 2.46. The number of hydrogen-bond acceptors (Lipinski definition) is 5. The first-order valence-electron chi connectivity index (χ1n) is 7.39. The lowest BCUT2D eigenvalue weighted by molar-refractivity contribution is -0.0440. The number of nitrogens with one attached hydrogen (secondary N) is 2. The van der Waals surface area contributed by atoms with Crippen molar-refractivity contribution in [1.29, 1.82) is 0 Å². The van der Waals surface area contributed by atoms with Crippen molar-refractivity contribution in [3.63, 3.8) is 0 Å². The monoisotopic (exact) mass is 343 g/mol. The van der Waals surface area contributed by atoms with Gasteiger partial charge in [-0.25, -0.2) is 8.42 Å². The zero-order valence-corrected chi connectivity index (χ0v) is 13.9. The average Bonchev–Trinajstić information content (AvgIpc) is 2.46. The summed E-state index contributed by atoms with van der Waals surface area (Å²) in [4.78, 5) is 25.7. The lowest BCUT2D eigenvalue weighted by atomic mass is 10.2. The molecule has 0 saturated carbocycles. The Kier molecular flexibility index (Phi) is 5.55. The molecule has 9 heteroatoms. The third-order valence-corrected chi connectivity index (χ3v) is 5.29. The van der Waals surface area contributed by atoms with Crippen LogP contribution in [0.2, 0.25) is 0 Å². The van der Waals surface area contributed by atoms with E-state index >= 15 is 0 Å². The number of pyridine rings is 1. The molecular weight excluding hydrogens is 322 g/mol. The van der Waals surface area contributed by atoms with Crippen molar-refractivity contribution in [3.05, 3.63) is 34.2 Å². The summed E-state index contributed by atoms with van der Waals surface area (Å²) < 4.78 is 31.5. The number of H-pyrrole nitrogens is 1. The topological polar surface area (TPSA) is 109 Å². The van der Waals surface area contributed by atoms with Gasteiger partial charge in [-0.1, -0.05) is 0 Å². The SMILES string of the molecule is C[C@H]1CN(S(=O)(=O)CCNC(=O)c2ccc[nH]c2=O)C[C@H](C)O1. The van der Waals surface area contributed by atoms with Crippen molar-refractivity contribution in [1.82, 2.24) is 14.6 Å². The van der Waals surface area contributed by atoms with Gasteiger partial charge in [-0.05, 0) is 26.0 Å². The first kappa shape index (κ1) is 17.6. The maximum absolute atomic E-state index is 12.3. The van der Waals surface area contributed by atoms with Crippen LogP contribution in [0.25, 0.3) is 0 Å². The molecule has 0 aromatic carbocycles. The molecule has 2 N–H and O–H groups in total. The summed E-state index contributed by atoms with van der Waals surface area (Å²) in [7, 11) is -3.48. The fraction of sp³-hybridized carbons (Fsp3) is 0.571. The Morgan fingerprint density at radius 1 is 1.39 bits per heavy atom. The second-order valence-corrected chi connectivity index (χ2v) is 7.65. The molecule has 23 heavy (non-hydrogen) atoms. The van der Waals surface area contributed by atoms with E-state index in [9.17, 15) is 18.0 Å². The number of carbonyl (C=O) groups excluding carboxylic acids is 1. The molecule has 0 spiro atoms. The number of rotatable bonds is 5. The molecule has 1 saturated heterocycles. The summed E-state index contributed by atoms with van der Waals surface area (Å²) in [6.07, 6.45) is 1.10. The van der Waals surface area contributed by atoms with Crippen molar-refractivity contribution in [2.75, 3.05) is 25.4 Å². The van der Waals surface area contributed by atoms with Gasteiger partial charge in [0.2, 0.25) is 10.0 Å². The van der Waals surface area contributed by atoms with Gasteiger partial charge in [0.1, 0.15) is 5.56 Å². The van der Waals surface area contributed by atoms with Gasteiger partial charge < -0.3 is 15.0 Å². The summed E-state index contributed by atoms with van der Waals surface area (Å²) >= 11 is 0. The fourth-order valence-corrected chi connectivity index (χ4v) is 3.97. The maximum Gasteiger partial charge on any atom is 0.260 e. The van der Waals surface area contributed by atoms with E-state index in [4.69, 9.17) is 4.74 Å². The quantitative estimate of drug-likeness (QED) is 0.752. The van der Waals surface area contributed by atoms with Gasteiger partial charge in [0.25, 0.3) is 11.5 Å². The normalized spacial score (nSPS) is 22.7. The van der Waals surface area contributed by atoms with E-state index in [0.29, 0.717) is 13.1 Å². The Morgan fingerprint density at radius 2 is 2.04 bits per heavy atom. The van der Waals surface area contributed by atoms with Crippen LogP contribution in [0.5, 0.6) is 0 Å². The van der Waals surface area contributed by atoms with Gasteiger partial charge >= 0.3 is 0 Å². The molecule has 1 fully saturated rings. The van der Waals surface area contributed by atoms with Gasteiger partial charge in [-0.3, -0.25) is 9.59 Å². The number of nitrogens with zero attached hydrogens (tertiary/aromatic N) is 1. The highest BCUT2D eigenvalue weighted by Gasteiger charge is 2.30. The zero-order chi connectivity index (χ0) is 17.0. The van der Waals surface area contributed by atoms with Crippen LogP contribution in [0.1, 0.15) is 24.2 Å². The summed E-state index contributed by atoms with van der Waals surface area (Å²) in [6.45, 7) is 4.19. The predicted octanol–water partition coefficient (Wildman–Crippen LogP) is -0.456. The predicted molar refractivity (Wildman–Crippen MR) is 84.8 cm³/mol. The van der Waals surface area contributed by atoms with E-state index in [2.05, 4.69) is 10.3 Å². The molecular formula is C14H21N3O5S. The maximum atomic E-state index is 12.3. The van der Waals surface area contributed by atoms with Gasteiger partial charge in [-0.15, -0.1) is 0 Å². The number of aromatic nitrogens is 1. The number of ether oxygens (including phenoxy) is 1. The van der Waals surface area contributed by atoms with E-state index < -0.39 is 21.5 Å². The molecule has 2 atom stereocenters. The summed E-state index contributed by atoms with van der Waals surface area (Å²) in [5.74, 6) is -0.811. The van der Waals surface area contributed by atoms with Crippen molar-refractivity contribution in [2.24, 2.45) is 0 Å². The molecule has 2 rings (SSSR count). The molecule has 0 aliphatic carbocycles. The average molecular weight is 343 g/mol. The minimum Gasteiger partial charge on any atom is -0.373 e. The molecule has 8 nitrogen and oxygen atoms in total. The lowest BCUT2D eigenvalue weighted by Crippen LogP contribution is -2.49. The zero-order valence-electron chi connectivity index (χ0n) is 13.1. The van der Waals surface area contributed by atoms with E-state index in [1.54, 1.807) is 0 Å². The van der Waals surface area contributed by atoms with Crippen LogP contribution in [-0.2, 0) is 14.8 Å². The Labute approximate surface area is 134 Å². The molecule has 1 aliphatic rings. The molecule has 0 unspecified atom stereocenters. The first-order chi connectivity index (χ1) is 10.8. The van der Waals surface area contributed by atoms with Crippen LogP contribution in [0.4, 0.5) is 0 Å². The van der Waals surface area contributed by atoms with Gasteiger partial charge in [0.15, 0.2) is 0 Å². The van der Waals surface area contributed by atoms with Gasteiger partial charge in [0, 0.05) is 25.8 Å². The number of morpholine rings is 1. The van der Waals surface area contributed by atoms with Crippen LogP contribution in [0.3, 0.4) is 0 Å². The lowest BCUT2D eigenvalue weighted by Gasteiger charge is -2.34. The number of aromatic amines is 1. The molecule has 1 aromatic rings. The highest BCUT2D eigenvalue weighted by molar-refractivity contribution is 7.89. The number of sulfonamides is 1. The Morgan fingerprint density at radius 3 is 2.65 bits per heavy atom. The summed E-state index contributed by atoms with van der Waals surface area (Å²) in [5.41, 5.74) is -0.554. The number of carbonyl (C=O) groups is 1. The van der Waals surface area contributed by atoms with E-state index in [0.717, 1.165) is 0 Å². The van der Waals surface area contributed by atoms with Crippen LogP contribution >= 0.6 is 0 Å². The van der Waals surface area contributed by atoms with Crippen LogP contribution < -0.4 is 10.9 Å². The molecule has 1 amide bonds. The largest absolute Gasteiger partial charge is 0.373 e. The molecule has 128 valence electrons. The van der Waals surface area contributed by atoms with Crippen molar-refractivity contribution < 1.29 is 17.9 Å². The molecule has 0 radical (unpaired) electrons. The minimum atomic E-state index is -3.48. The molecule has 0 bridgehead atoms. The van der Waals surface area contributed by atoms with E-state index in [-0.39, 0.29) is 30.1 Å². The number of amides is 1. The molecule has 2 heterocycles. The standard InChI is InChI=1S/C14H21N3O5S/c1-10-8-17(9-11(2)22-10)23(20,21)7-6-16-14(19)12-4-3-5-15-13(12)18/h3-5,10-11H,6-9H2,1-2H3,(H,15,18)(H,16,19)/t10-,11-/m0/s1. The highest BCUT2D eigenvalue weighted by atomic mass is 32.2. The highest BCUT2D eigenvalue weighted by Crippen LogP contribution is 2.14. The van der Waals surface area contributed by atoms with Crippen molar-refractivity contribution in [3.8, 4) is 0 Å². The molecule has 1 aliphatic heterocycles. The van der Waals surface area contributed by atoms with Crippen molar-refractivity contribution in [2.45, 2.75) is 26.1 Å². The Balaban J connectivity index is 1.91. The van der Waals surface area contributed by atoms with Crippen molar-refractivity contribution >= 4 is 15.9 Å². The molecule has 1 aromatic heterocycles. The van der Waals surface area contributed by atoms with Crippen LogP contribution in [-0.4, -0.2) is 61.2 Å². The van der Waals surface area contributed by atoms with Crippen LogP contribution in [0, 0.1) is 0 Å². The second-order valence-electron chi connectivity index (χ2n) is 5.56. The van der Waals surface area contributed by atoms with E-state index in [1.165, 1.54) is 22.6 Å². The van der Waals surface area contributed by atoms with Gasteiger partial charge in [-0.2, -0.15) is 4.31 Å². The van der Waals surface area contributed by atoms with Crippen LogP contribution in [0.15, 0.2) is 23.1 Å². The Bertz CT molecular complexity index is 705. The first-order valence-corrected chi connectivity index (χ1v) is 8.99. The van der Waals surface area contributed by atoms with E-state index in [1.807, 2.05) is 13.8 Å². The fourth-order valence-electron chi connectivity index (χ4n) is 2.48. The van der Waals surface area contributed by atoms with Gasteiger partial charge in [0.05, 0.1) is 18.0 Å². The smallest absolute Gasteiger partial charge is 0.260 e. The number of hydrogen-bond donors (Lipinski definition) is 2.